The molecular weight excluding hydrogens is 212 g/mol. The van der Waals surface area contributed by atoms with E-state index in [1.807, 2.05) is 0 Å². The summed E-state index contributed by atoms with van der Waals surface area (Å²) in [5, 5.41) is 0. The summed E-state index contributed by atoms with van der Waals surface area (Å²) in [7, 11) is 5.92. The molecule has 17 heavy (non-hydrogen) atoms. The number of benzene rings is 1. The quantitative estimate of drug-likeness (QED) is 0.795. The molecule has 1 aromatic rings. The summed E-state index contributed by atoms with van der Waals surface area (Å²) in [4.78, 5) is 4.67. The van der Waals surface area contributed by atoms with E-state index in [1.54, 1.807) is 7.11 Å². The highest BCUT2D eigenvalue weighted by Crippen LogP contribution is 2.30. The minimum atomic E-state index is 0.998. The molecular formula is C14H22N2O. The van der Waals surface area contributed by atoms with Crippen LogP contribution < -0.4 is 9.64 Å². The van der Waals surface area contributed by atoms with Gasteiger partial charge in [-0.05, 0) is 38.1 Å². The van der Waals surface area contributed by atoms with Gasteiger partial charge in [0.1, 0.15) is 5.75 Å². The third-order valence-corrected chi connectivity index (χ3v) is 3.39. The summed E-state index contributed by atoms with van der Waals surface area (Å²) in [6.07, 6.45) is 2.65. The van der Waals surface area contributed by atoms with E-state index in [-0.39, 0.29) is 0 Å². The average molecular weight is 234 g/mol. The van der Waals surface area contributed by atoms with Crippen LogP contribution in [0.15, 0.2) is 18.2 Å². The van der Waals surface area contributed by atoms with E-state index < -0.39 is 0 Å². The highest BCUT2D eigenvalue weighted by atomic mass is 16.5. The second kappa shape index (κ2) is 5.41. The van der Waals surface area contributed by atoms with Crippen molar-refractivity contribution >= 4 is 5.69 Å². The van der Waals surface area contributed by atoms with Crippen molar-refractivity contribution < 1.29 is 4.74 Å². The SMILES string of the molecule is COc1cccc(N(C)C)c1CN1CCCC1. The van der Waals surface area contributed by atoms with Crippen LogP contribution >= 0.6 is 0 Å². The smallest absolute Gasteiger partial charge is 0.125 e. The van der Waals surface area contributed by atoms with Crippen LogP contribution in [0, 0.1) is 0 Å². The minimum Gasteiger partial charge on any atom is -0.496 e. The molecule has 0 radical (unpaired) electrons. The molecule has 94 valence electrons. The van der Waals surface area contributed by atoms with Crippen LogP contribution in [0.5, 0.6) is 5.75 Å². The molecule has 1 aliphatic rings. The van der Waals surface area contributed by atoms with Crippen molar-refractivity contribution in [1.29, 1.82) is 0 Å². The van der Waals surface area contributed by atoms with Crippen LogP contribution in [-0.4, -0.2) is 39.2 Å². The second-order valence-corrected chi connectivity index (χ2v) is 4.84. The topological polar surface area (TPSA) is 15.7 Å². The second-order valence-electron chi connectivity index (χ2n) is 4.84. The van der Waals surface area contributed by atoms with Gasteiger partial charge in [-0.1, -0.05) is 6.07 Å². The summed E-state index contributed by atoms with van der Waals surface area (Å²) in [5.41, 5.74) is 2.57. The molecule has 1 heterocycles. The van der Waals surface area contributed by atoms with E-state index in [4.69, 9.17) is 4.74 Å². The van der Waals surface area contributed by atoms with Gasteiger partial charge in [-0.3, -0.25) is 4.90 Å². The lowest BCUT2D eigenvalue weighted by Gasteiger charge is -2.23. The molecule has 0 aromatic heterocycles. The Hall–Kier alpha value is -1.22. The lowest BCUT2D eigenvalue weighted by atomic mass is 10.1. The lowest BCUT2D eigenvalue weighted by molar-refractivity contribution is 0.321. The average Bonchev–Trinajstić information content (AvgIpc) is 2.82. The highest BCUT2D eigenvalue weighted by Gasteiger charge is 2.17. The van der Waals surface area contributed by atoms with E-state index in [2.05, 4.69) is 42.1 Å². The largest absolute Gasteiger partial charge is 0.496 e. The third-order valence-electron chi connectivity index (χ3n) is 3.39. The fraction of sp³-hybridized carbons (Fsp3) is 0.571. The fourth-order valence-electron chi connectivity index (χ4n) is 2.49. The first-order chi connectivity index (χ1) is 8.22. The molecule has 0 bridgehead atoms. The van der Waals surface area contributed by atoms with Crippen molar-refractivity contribution in [2.45, 2.75) is 19.4 Å². The number of hydrogen-bond acceptors (Lipinski definition) is 3. The van der Waals surface area contributed by atoms with Gasteiger partial charge < -0.3 is 9.64 Å². The Morgan fingerprint density at radius 3 is 2.53 bits per heavy atom. The molecule has 0 aliphatic carbocycles. The first-order valence-electron chi connectivity index (χ1n) is 6.28. The zero-order valence-electron chi connectivity index (χ0n) is 11.1. The van der Waals surface area contributed by atoms with E-state index in [1.165, 1.54) is 37.2 Å². The molecule has 1 aliphatic heterocycles. The van der Waals surface area contributed by atoms with E-state index >= 15 is 0 Å². The van der Waals surface area contributed by atoms with Gasteiger partial charge in [0.25, 0.3) is 0 Å². The first kappa shape index (κ1) is 12.2. The Kier molecular flexibility index (Phi) is 3.89. The number of rotatable bonds is 4. The summed E-state index contributed by atoms with van der Waals surface area (Å²) in [6.45, 7) is 3.42. The number of methoxy groups -OCH3 is 1. The van der Waals surface area contributed by atoms with Gasteiger partial charge >= 0.3 is 0 Å². The van der Waals surface area contributed by atoms with Gasteiger partial charge in [-0.25, -0.2) is 0 Å². The molecule has 1 fully saturated rings. The van der Waals surface area contributed by atoms with Crippen LogP contribution in [0.3, 0.4) is 0 Å². The molecule has 0 spiro atoms. The van der Waals surface area contributed by atoms with Gasteiger partial charge in [-0.15, -0.1) is 0 Å². The third kappa shape index (κ3) is 2.72. The number of anilines is 1. The monoisotopic (exact) mass is 234 g/mol. The molecule has 2 rings (SSSR count). The number of nitrogens with zero attached hydrogens (tertiary/aromatic N) is 2. The van der Waals surface area contributed by atoms with E-state index in [9.17, 15) is 0 Å². The first-order valence-corrected chi connectivity index (χ1v) is 6.28. The van der Waals surface area contributed by atoms with Gasteiger partial charge in [-0.2, -0.15) is 0 Å². The number of ether oxygens (including phenoxy) is 1. The standard InChI is InChI=1S/C14H22N2O/c1-15(2)13-7-6-8-14(17-3)12(13)11-16-9-4-5-10-16/h6-8H,4-5,9-11H2,1-3H3. The van der Waals surface area contributed by atoms with Gasteiger partial charge in [0.05, 0.1) is 7.11 Å². The summed E-state index contributed by atoms with van der Waals surface area (Å²) in [5.74, 6) is 1.00. The Bertz CT molecular complexity index is 370. The Balaban J connectivity index is 2.27. The van der Waals surface area contributed by atoms with Crippen LogP contribution in [0.25, 0.3) is 0 Å². The van der Waals surface area contributed by atoms with Gasteiger partial charge in [0, 0.05) is 31.9 Å². The van der Waals surface area contributed by atoms with E-state index in [0.717, 1.165) is 12.3 Å². The number of likely N-dealkylation sites (tertiary alicyclic amines) is 1. The fourth-order valence-corrected chi connectivity index (χ4v) is 2.49. The molecule has 0 atom stereocenters. The van der Waals surface area contributed by atoms with Crippen molar-refractivity contribution in [2.24, 2.45) is 0 Å². The summed E-state index contributed by atoms with van der Waals surface area (Å²) in [6, 6.07) is 6.27. The molecule has 0 unspecified atom stereocenters. The molecule has 1 aromatic carbocycles. The van der Waals surface area contributed by atoms with Crippen LogP contribution in [0.4, 0.5) is 5.69 Å². The minimum absolute atomic E-state index is 0.998. The predicted molar refractivity (Wildman–Crippen MR) is 71.8 cm³/mol. The maximum Gasteiger partial charge on any atom is 0.125 e. The van der Waals surface area contributed by atoms with Crippen molar-refractivity contribution in [3.63, 3.8) is 0 Å². The molecule has 3 heteroatoms. The molecule has 0 N–H and O–H groups in total. The normalized spacial score (nSPS) is 16.2. The lowest BCUT2D eigenvalue weighted by Crippen LogP contribution is -2.21. The molecule has 0 saturated carbocycles. The van der Waals surface area contributed by atoms with Crippen molar-refractivity contribution in [1.82, 2.24) is 4.90 Å². The molecule has 3 nitrogen and oxygen atoms in total. The maximum absolute atomic E-state index is 5.49. The Labute approximate surface area is 104 Å². The van der Waals surface area contributed by atoms with Crippen LogP contribution in [0.2, 0.25) is 0 Å². The zero-order chi connectivity index (χ0) is 12.3. The number of hydrogen-bond donors (Lipinski definition) is 0. The summed E-state index contributed by atoms with van der Waals surface area (Å²) >= 11 is 0. The van der Waals surface area contributed by atoms with Crippen molar-refractivity contribution in [3.8, 4) is 5.75 Å². The maximum atomic E-state index is 5.49. The van der Waals surface area contributed by atoms with Crippen LogP contribution in [-0.2, 0) is 6.54 Å². The molecule has 1 saturated heterocycles. The predicted octanol–water partition coefficient (Wildman–Crippen LogP) is 2.36. The zero-order valence-corrected chi connectivity index (χ0v) is 11.1. The summed E-state index contributed by atoms with van der Waals surface area (Å²) < 4.78 is 5.49. The Morgan fingerprint density at radius 2 is 1.94 bits per heavy atom. The van der Waals surface area contributed by atoms with Gasteiger partial charge in [0.15, 0.2) is 0 Å². The van der Waals surface area contributed by atoms with Crippen LogP contribution in [0.1, 0.15) is 18.4 Å². The van der Waals surface area contributed by atoms with Gasteiger partial charge in [0.2, 0.25) is 0 Å². The van der Waals surface area contributed by atoms with E-state index in [0.29, 0.717) is 0 Å². The Morgan fingerprint density at radius 1 is 1.24 bits per heavy atom. The van der Waals surface area contributed by atoms with Crippen molar-refractivity contribution in [2.75, 3.05) is 39.2 Å². The molecule has 0 amide bonds. The van der Waals surface area contributed by atoms with Crippen molar-refractivity contribution in [3.05, 3.63) is 23.8 Å². The highest BCUT2D eigenvalue weighted by molar-refractivity contribution is 5.58.